The minimum absolute atomic E-state index is 0.0514. The zero-order chi connectivity index (χ0) is 21.4. The van der Waals surface area contributed by atoms with Crippen LogP contribution in [0.1, 0.15) is 0 Å². The highest BCUT2D eigenvalue weighted by molar-refractivity contribution is 7.90. The van der Waals surface area contributed by atoms with Gasteiger partial charge in [-0.1, -0.05) is 24.3 Å². The first-order valence-corrected chi connectivity index (χ1v) is 10.8. The third-order valence-corrected chi connectivity index (χ3v) is 6.48. The Kier molecular flexibility index (Phi) is 4.56. The highest BCUT2D eigenvalue weighted by atomic mass is 32.2. The Morgan fingerprint density at radius 1 is 0.806 bits per heavy atom. The van der Waals surface area contributed by atoms with Gasteiger partial charge in [0.25, 0.3) is 10.0 Å². The van der Waals surface area contributed by atoms with Crippen LogP contribution in [0.15, 0.2) is 96.5 Å². The van der Waals surface area contributed by atoms with Crippen LogP contribution in [0.3, 0.4) is 0 Å². The van der Waals surface area contributed by atoms with Gasteiger partial charge in [-0.3, -0.25) is 9.97 Å². The first-order chi connectivity index (χ1) is 15.0. The molecule has 0 N–H and O–H groups in total. The summed E-state index contributed by atoms with van der Waals surface area (Å²) in [6, 6.07) is 16.6. The van der Waals surface area contributed by atoms with Crippen molar-refractivity contribution in [3.05, 3.63) is 97.5 Å². The molecular weight excluding hydrogens is 415 g/mol. The van der Waals surface area contributed by atoms with Gasteiger partial charge in [-0.05, 0) is 47.5 Å². The van der Waals surface area contributed by atoms with Gasteiger partial charge in [-0.15, -0.1) is 0 Å². The fraction of sp³-hybridized carbons (Fsp3) is 0. The average Bonchev–Trinajstić information content (AvgIpc) is 3.30. The highest BCUT2D eigenvalue weighted by Gasteiger charge is 2.22. The van der Waals surface area contributed by atoms with Crippen molar-refractivity contribution in [1.82, 2.24) is 19.2 Å². The van der Waals surface area contributed by atoms with E-state index in [1.807, 2.05) is 6.07 Å². The lowest BCUT2D eigenvalue weighted by molar-refractivity contribution is 0.581. The van der Waals surface area contributed by atoms with E-state index in [0.717, 1.165) is 9.65 Å². The molecule has 0 amide bonds. The van der Waals surface area contributed by atoms with Crippen molar-refractivity contribution in [3.8, 4) is 22.3 Å². The van der Waals surface area contributed by atoms with Crippen LogP contribution in [0.25, 0.3) is 33.2 Å². The molecule has 152 valence electrons. The number of nitrogens with zero attached hydrogens (tertiary/aromatic N) is 4. The van der Waals surface area contributed by atoms with E-state index < -0.39 is 15.8 Å². The topological polar surface area (TPSA) is 77.7 Å². The lowest BCUT2D eigenvalue weighted by atomic mass is 10.0. The molecule has 0 aliphatic carbocycles. The molecule has 3 aromatic heterocycles. The number of fused-ring (bicyclic) bond motifs is 1. The third-order valence-electron chi connectivity index (χ3n) is 4.91. The van der Waals surface area contributed by atoms with Crippen LogP contribution in [-0.2, 0) is 10.0 Å². The first kappa shape index (κ1) is 19.1. The van der Waals surface area contributed by atoms with E-state index in [1.165, 1.54) is 30.6 Å². The number of halogens is 1. The summed E-state index contributed by atoms with van der Waals surface area (Å²) >= 11 is 0. The minimum atomic E-state index is -3.99. The van der Waals surface area contributed by atoms with Crippen LogP contribution in [0, 0.1) is 5.82 Å². The highest BCUT2D eigenvalue weighted by Crippen LogP contribution is 2.29. The maximum absolute atomic E-state index is 14.3. The smallest absolute Gasteiger partial charge is 0.264 e. The van der Waals surface area contributed by atoms with Crippen molar-refractivity contribution >= 4 is 20.9 Å². The fourth-order valence-electron chi connectivity index (χ4n) is 3.43. The molecule has 0 aliphatic rings. The van der Waals surface area contributed by atoms with Crippen molar-refractivity contribution in [2.24, 2.45) is 0 Å². The van der Waals surface area contributed by atoms with E-state index in [0.29, 0.717) is 27.6 Å². The molecule has 2 aromatic carbocycles. The summed E-state index contributed by atoms with van der Waals surface area (Å²) in [4.78, 5) is 8.33. The number of benzene rings is 2. The van der Waals surface area contributed by atoms with Gasteiger partial charge in [-0.25, -0.2) is 4.39 Å². The minimum Gasteiger partial charge on any atom is -0.264 e. The SMILES string of the molecule is O=S(=O)(c1cccc2cccnc12)n1cc(-c2cc(F)cc(-c3cccnc3)c2)cn1. The molecule has 0 saturated carbocycles. The summed E-state index contributed by atoms with van der Waals surface area (Å²) in [5.74, 6) is -0.440. The zero-order valence-corrected chi connectivity index (χ0v) is 16.9. The number of rotatable bonds is 4. The van der Waals surface area contributed by atoms with Crippen LogP contribution in [0.4, 0.5) is 4.39 Å². The number of pyridine rings is 2. The second-order valence-corrected chi connectivity index (χ2v) is 8.67. The van der Waals surface area contributed by atoms with Gasteiger partial charge in [0.2, 0.25) is 0 Å². The van der Waals surface area contributed by atoms with E-state index in [1.54, 1.807) is 55.0 Å². The molecule has 5 aromatic rings. The van der Waals surface area contributed by atoms with Gasteiger partial charge in [0.05, 0.1) is 17.9 Å². The van der Waals surface area contributed by atoms with E-state index in [4.69, 9.17) is 0 Å². The molecule has 0 spiro atoms. The Balaban J connectivity index is 1.58. The van der Waals surface area contributed by atoms with Gasteiger partial charge in [0.1, 0.15) is 10.7 Å². The molecule has 3 heterocycles. The summed E-state index contributed by atoms with van der Waals surface area (Å²) < 4.78 is 41.6. The van der Waals surface area contributed by atoms with Gasteiger partial charge < -0.3 is 0 Å². The Bertz CT molecular complexity index is 1510. The molecular formula is C23H15FN4O2S. The molecule has 0 bridgehead atoms. The van der Waals surface area contributed by atoms with E-state index >= 15 is 0 Å². The number of hydrogen-bond acceptors (Lipinski definition) is 5. The largest absolute Gasteiger partial charge is 0.285 e. The van der Waals surface area contributed by atoms with Crippen LogP contribution in [0.5, 0.6) is 0 Å². The summed E-state index contributed by atoms with van der Waals surface area (Å²) in [7, 11) is -3.99. The van der Waals surface area contributed by atoms with Gasteiger partial charge >= 0.3 is 0 Å². The van der Waals surface area contributed by atoms with Crippen molar-refractivity contribution in [1.29, 1.82) is 0 Å². The molecule has 0 unspecified atom stereocenters. The molecule has 31 heavy (non-hydrogen) atoms. The van der Waals surface area contributed by atoms with E-state index in [2.05, 4.69) is 15.1 Å². The van der Waals surface area contributed by atoms with Gasteiger partial charge in [0, 0.05) is 35.1 Å². The van der Waals surface area contributed by atoms with Gasteiger partial charge in [0.15, 0.2) is 0 Å². The molecule has 8 heteroatoms. The quantitative estimate of drug-likeness (QED) is 0.418. The second kappa shape index (κ2) is 7.41. The summed E-state index contributed by atoms with van der Waals surface area (Å²) in [6.45, 7) is 0. The Morgan fingerprint density at radius 2 is 1.58 bits per heavy atom. The molecule has 0 aliphatic heterocycles. The molecule has 5 rings (SSSR count). The van der Waals surface area contributed by atoms with Crippen molar-refractivity contribution in [2.75, 3.05) is 0 Å². The van der Waals surface area contributed by atoms with Crippen molar-refractivity contribution < 1.29 is 12.8 Å². The number of para-hydroxylation sites is 1. The maximum Gasteiger partial charge on any atom is 0.285 e. The molecule has 0 fully saturated rings. The summed E-state index contributed by atoms with van der Waals surface area (Å²) in [6.07, 6.45) is 7.60. The predicted molar refractivity (Wildman–Crippen MR) is 115 cm³/mol. The van der Waals surface area contributed by atoms with Crippen LogP contribution >= 0.6 is 0 Å². The molecule has 0 atom stereocenters. The van der Waals surface area contributed by atoms with E-state index in [9.17, 15) is 12.8 Å². The third kappa shape index (κ3) is 3.47. The van der Waals surface area contributed by atoms with Crippen molar-refractivity contribution in [3.63, 3.8) is 0 Å². The Labute approximate surface area is 177 Å². The van der Waals surface area contributed by atoms with Crippen molar-refractivity contribution in [2.45, 2.75) is 4.90 Å². The predicted octanol–water partition coefficient (Wildman–Crippen LogP) is 4.54. The zero-order valence-electron chi connectivity index (χ0n) is 16.1. The van der Waals surface area contributed by atoms with Gasteiger partial charge in [-0.2, -0.15) is 17.6 Å². The van der Waals surface area contributed by atoms with Crippen LogP contribution < -0.4 is 0 Å². The molecule has 0 saturated heterocycles. The normalized spacial score (nSPS) is 11.6. The van der Waals surface area contributed by atoms with E-state index in [-0.39, 0.29) is 4.90 Å². The molecule has 0 radical (unpaired) electrons. The lowest BCUT2D eigenvalue weighted by Crippen LogP contribution is -2.14. The summed E-state index contributed by atoms with van der Waals surface area (Å²) in [5, 5.41) is 4.76. The first-order valence-electron chi connectivity index (χ1n) is 9.38. The number of hydrogen-bond donors (Lipinski definition) is 0. The van der Waals surface area contributed by atoms with Crippen LogP contribution in [0.2, 0.25) is 0 Å². The van der Waals surface area contributed by atoms with Crippen LogP contribution in [-0.4, -0.2) is 27.6 Å². The summed E-state index contributed by atoms with van der Waals surface area (Å²) in [5.41, 5.74) is 2.74. The lowest BCUT2D eigenvalue weighted by Gasteiger charge is -2.07. The molecule has 6 nitrogen and oxygen atoms in total. The maximum atomic E-state index is 14.3. The second-order valence-electron chi connectivity index (χ2n) is 6.91. The Morgan fingerprint density at radius 3 is 2.39 bits per heavy atom. The monoisotopic (exact) mass is 430 g/mol. The average molecular weight is 430 g/mol. The number of aromatic nitrogens is 4. The Hall–Kier alpha value is -3.91. The fourth-order valence-corrected chi connectivity index (χ4v) is 4.72. The standard InChI is InChI=1S/C23H15FN4O2S/c24-21-11-18(17-6-2-8-25-13-17)10-19(12-21)20-14-27-28(15-20)31(29,30)22-7-1-4-16-5-3-9-26-23(16)22/h1-15H.